The number of hydrogen-bond donors (Lipinski definition) is 1. The van der Waals surface area contributed by atoms with Crippen LogP contribution in [0.15, 0.2) is 36.4 Å². The minimum Gasteiger partial charge on any atom is -0.493 e. The van der Waals surface area contributed by atoms with E-state index in [1.54, 1.807) is 20.3 Å². The number of halogens is 1. The molecule has 0 aliphatic carbocycles. The van der Waals surface area contributed by atoms with Crippen molar-refractivity contribution in [1.29, 1.82) is 0 Å². The van der Waals surface area contributed by atoms with Crippen LogP contribution in [0.2, 0.25) is 0 Å². The van der Waals surface area contributed by atoms with Gasteiger partial charge in [0.2, 0.25) is 0 Å². The van der Waals surface area contributed by atoms with Gasteiger partial charge in [-0.3, -0.25) is 0 Å². The zero-order valence-electron chi connectivity index (χ0n) is 12.5. The van der Waals surface area contributed by atoms with E-state index in [-0.39, 0.29) is 5.82 Å². The molecule has 0 heterocycles. The van der Waals surface area contributed by atoms with Crippen molar-refractivity contribution >= 4 is 0 Å². The van der Waals surface area contributed by atoms with Crippen molar-refractivity contribution in [2.24, 2.45) is 5.73 Å². The first-order chi connectivity index (χ1) is 10.0. The molecule has 112 valence electrons. The smallest absolute Gasteiger partial charge is 0.160 e. The van der Waals surface area contributed by atoms with Gasteiger partial charge in [0, 0.05) is 11.6 Å². The highest BCUT2D eigenvalue weighted by Gasteiger charge is 2.13. The molecule has 0 amide bonds. The summed E-state index contributed by atoms with van der Waals surface area (Å²) in [6, 6.07) is 10.3. The Kier molecular flexibility index (Phi) is 4.81. The van der Waals surface area contributed by atoms with Gasteiger partial charge in [-0.05, 0) is 42.7 Å². The van der Waals surface area contributed by atoms with E-state index in [2.05, 4.69) is 0 Å². The average molecular weight is 289 g/mol. The van der Waals surface area contributed by atoms with E-state index in [4.69, 9.17) is 15.2 Å². The van der Waals surface area contributed by atoms with Crippen LogP contribution < -0.4 is 15.2 Å². The van der Waals surface area contributed by atoms with Crippen molar-refractivity contribution in [2.75, 3.05) is 14.2 Å². The van der Waals surface area contributed by atoms with E-state index in [1.165, 1.54) is 6.07 Å². The number of ether oxygens (including phenoxy) is 2. The maximum atomic E-state index is 13.9. The molecule has 0 spiro atoms. The van der Waals surface area contributed by atoms with Crippen LogP contribution in [0, 0.1) is 12.7 Å². The molecular weight excluding hydrogens is 269 g/mol. The molecule has 1 unspecified atom stereocenters. The Morgan fingerprint density at radius 3 is 2.38 bits per heavy atom. The first-order valence-corrected chi connectivity index (χ1v) is 6.77. The van der Waals surface area contributed by atoms with Gasteiger partial charge in [0.05, 0.1) is 14.2 Å². The summed E-state index contributed by atoms with van der Waals surface area (Å²) >= 11 is 0. The predicted molar refractivity (Wildman–Crippen MR) is 81.3 cm³/mol. The van der Waals surface area contributed by atoms with Crippen molar-refractivity contribution in [3.8, 4) is 11.5 Å². The second kappa shape index (κ2) is 6.59. The number of rotatable bonds is 5. The topological polar surface area (TPSA) is 44.5 Å². The summed E-state index contributed by atoms with van der Waals surface area (Å²) < 4.78 is 24.4. The van der Waals surface area contributed by atoms with Gasteiger partial charge in [-0.2, -0.15) is 0 Å². The van der Waals surface area contributed by atoms with Gasteiger partial charge in [0.1, 0.15) is 5.82 Å². The summed E-state index contributed by atoms with van der Waals surface area (Å²) in [4.78, 5) is 0. The van der Waals surface area contributed by atoms with E-state index in [0.29, 0.717) is 23.5 Å². The van der Waals surface area contributed by atoms with Gasteiger partial charge in [-0.25, -0.2) is 4.39 Å². The molecule has 2 aromatic rings. The van der Waals surface area contributed by atoms with Crippen LogP contribution in [0.25, 0.3) is 0 Å². The van der Waals surface area contributed by atoms with Crippen LogP contribution in [0.1, 0.15) is 22.7 Å². The van der Waals surface area contributed by atoms with E-state index in [0.717, 1.165) is 11.1 Å². The molecule has 0 fully saturated rings. The predicted octanol–water partition coefficient (Wildman–Crippen LogP) is 3.39. The fourth-order valence-electron chi connectivity index (χ4n) is 2.30. The first kappa shape index (κ1) is 15.3. The molecular formula is C17H20FNO2. The Morgan fingerprint density at radius 1 is 1.05 bits per heavy atom. The van der Waals surface area contributed by atoms with E-state index in [9.17, 15) is 4.39 Å². The molecule has 21 heavy (non-hydrogen) atoms. The molecule has 0 saturated heterocycles. The third-order valence-electron chi connectivity index (χ3n) is 3.46. The second-order valence-electron chi connectivity index (χ2n) is 5.02. The first-order valence-electron chi connectivity index (χ1n) is 6.77. The maximum absolute atomic E-state index is 13.9. The highest BCUT2D eigenvalue weighted by atomic mass is 19.1. The number of hydrogen-bond acceptors (Lipinski definition) is 3. The number of benzene rings is 2. The largest absolute Gasteiger partial charge is 0.493 e. The molecule has 0 bridgehead atoms. The third-order valence-corrected chi connectivity index (χ3v) is 3.46. The molecule has 2 N–H and O–H groups in total. The second-order valence-corrected chi connectivity index (χ2v) is 5.02. The average Bonchev–Trinajstić information content (AvgIpc) is 2.46. The van der Waals surface area contributed by atoms with Crippen molar-refractivity contribution in [3.63, 3.8) is 0 Å². The molecule has 0 aromatic heterocycles. The zero-order chi connectivity index (χ0) is 15.4. The lowest BCUT2D eigenvalue weighted by atomic mass is 9.98. The Bertz CT molecular complexity index is 628. The van der Waals surface area contributed by atoms with Gasteiger partial charge >= 0.3 is 0 Å². The van der Waals surface area contributed by atoms with E-state index < -0.39 is 6.04 Å². The zero-order valence-corrected chi connectivity index (χ0v) is 12.5. The minimum absolute atomic E-state index is 0.261. The van der Waals surface area contributed by atoms with Gasteiger partial charge in [0.25, 0.3) is 0 Å². The third kappa shape index (κ3) is 3.52. The lowest BCUT2D eigenvalue weighted by Crippen LogP contribution is -2.15. The van der Waals surface area contributed by atoms with E-state index >= 15 is 0 Å². The number of methoxy groups -OCH3 is 2. The Hall–Kier alpha value is -2.07. The van der Waals surface area contributed by atoms with Crippen molar-refractivity contribution in [2.45, 2.75) is 19.4 Å². The highest BCUT2D eigenvalue weighted by Crippen LogP contribution is 2.29. The van der Waals surface area contributed by atoms with Crippen LogP contribution in [-0.4, -0.2) is 14.2 Å². The molecule has 2 aromatic carbocycles. The fraction of sp³-hybridized carbons (Fsp3) is 0.294. The van der Waals surface area contributed by atoms with Crippen molar-refractivity contribution in [3.05, 3.63) is 58.9 Å². The Labute approximate surface area is 124 Å². The molecule has 4 heteroatoms. The lowest BCUT2D eigenvalue weighted by Gasteiger charge is -2.15. The molecule has 1 atom stereocenters. The Balaban J connectivity index is 2.21. The normalized spacial score (nSPS) is 12.0. The monoisotopic (exact) mass is 289 g/mol. The highest BCUT2D eigenvalue weighted by molar-refractivity contribution is 5.43. The number of aryl methyl sites for hydroxylation is 1. The fourth-order valence-corrected chi connectivity index (χ4v) is 2.30. The molecule has 0 radical (unpaired) electrons. The molecule has 0 saturated carbocycles. The molecule has 0 aliphatic rings. The van der Waals surface area contributed by atoms with Gasteiger partial charge < -0.3 is 15.2 Å². The lowest BCUT2D eigenvalue weighted by molar-refractivity contribution is 0.354. The van der Waals surface area contributed by atoms with Crippen LogP contribution >= 0.6 is 0 Å². The minimum atomic E-state index is -0.399. The van der Waals surface area contributed by atoms with Crippen LogP contribution in [-0.2, 0) is 6.42 Å². The van der Waals surface area contributed by atoms with Crippen LogP contribution in [0.4, 0.5) is 4.39 Å². The maximum Gasteiger partial charge on any atom is 0.160 e. The molecule has 0 aliphatic heterocycles. The quantitative estimate of drug-likeness (QED) is 0.917. The van der Waals surface area contributed by atoms with E-state index in [1.807, 2.05) is 31.2 Å². The summed E-state index contributed by atoms with van der Waals surface area (Å²) in [5.74, 6) is 1.05. The van der Waals surface area contributed by atoms with Gasteiger partial charge in [0.15, 0.2) is 11.5 Å². The van der Waals surface area contributed by atoms with Gasteiger partial charge in [-0.1, -0.05) is 18.2 Å². The van der Waals surface area contributed by atoms with Crippen molar-refractivity contribution < 1.29 is 13.9 Å². The summed E-state index contributed by atoms with van der Waals surface area (Å²) in [7, 11) is 3.17. The summed E-state index contributed by atoms with van der Waals surface area (Å²) in [5.41, 5.74) is 8.51. The van der Waals surface area contributed by atoms with Crippen LogP contribution in [0.3, 0.4) is 0 Å². The van der Waals surface area contributed by atoms with Gasteiger partial charge in [-0.15, -0.1) is 0 Å². The van der Waals surface area contributed by atoms with Crippen molar-refractivity contribution in [1.82, 2.24) is 0 Å². The summed E-state index contributed by atoms with van der Waals surface area (Å²) in [6.45, 7) is 1.85. The standard InChI is InChI=1S/C17H20FNO2/c1-11-4-6-13(14(18)8-11)15(19)9-12-5-7-16(20-2)17(10-12)21-3/h4-8,10,15H,9,19H2,1-3H3. The molecule has 2 rings (SSSR count). The van der Waals surface area contributed by atoms with Crippen LogP contribution in [0.5, 0.6) is 11.5 Å². The SMILES string of the molecule is COc1ccc(CC(N)c2ccc(C)cc2F)cc1OC. The number of nitrogens with two attached hydrogens (primary N) is 1. The Morgan fingerprint density at radius 2 is 1.76 bits per heavy atom. The molecule has 3 nitrogen and oxygen atoms in total. The summed E-state index contributed by atoms with van der Waals surface area (Å²) in [5, 5.41) is 0. The summed E-state index contributed by atoms with van der Waals surface area (Å²) in [6.07, 6.45) is 0.528.